The van der Waals surface area contributed by atoms with Crippen molar-refractivity contribution in [3.05, 3.63) is 0 Å². The molecular weight excluding hydrogens is 230 g/mol. The summed E-state index contributed by atoms with van der Waals surface area (Å²) in [6, 6.07) is 0.831. The molecule has 3 unspecified atom stereocenters. The van der Waals surface area contributed by atoms with E-state index in [1.165, 1.54) is 12.8 Å². The first kappa shape index (κ1) is 12.0. The highest BCUT2D eigenvalue weighted by Crippen LogP contribution is 2.27. The minimum Gasteiger partial charge on any atom is -0.355 e. The lowest BCUT2D eigenvalue weighted by Gasteiger charge is -2.31. The lowest BCUT2D eigenvalue weighted by Crippen LogP contribution is -2.48. The van der Waals surface area contributed by atoms with Gasteiger partial charge in [-0.15, -0.1) is 0 Å². The van der Waals surface area contributed by atoms with Gasteiger partial charge in [0.25, 0.3) is 0 Å². The predicted molar refractivity (Wildman–Crippen MR) is 66.9 cm³/mol. The zero-order valence-corrected chi connectivity index (χ0v) is 10.7. The van der Waals surface area contributed by atoms with Crippen molar-refractivity contribution in [1.29, 1.82) is 0 Å². The van der Waals surface area contributed by atoms with Gasteiger partial charge >= 0.3 is 0 Å². The molecule has 0 radical (unpaired) electrons. The SMILES string of the molecule is O=C1CC(C(=O)N2CCCC2C2CCCN2)CN1. The van der Waals surface area contributed by atoms with Gasteiger partial charge in [-0.1, -0.05) is 0 Å². The van der Waals surface area contributed by atoms with Crippen LogP contribution in [0.5, 0.6) is 0 Å². The summed E-state index contributed by atoms with van der Waals surface area (Å²) in [6.07, 6.45) is 4.98. The molecule has 0 saturated carbocycles. The summed E-state index contributed by atoms with van der Waals surface area (Å²) in [4.78, 5) is 25.7. The Morgan fingerprint density at radius 1 is 1.28 bits per heavy atom. The van der Waals surface area contributed by atoms with Gasteiger partial charge in [-0.25, -0.2) is 0 Å². The Balaban J connectivity index is 1.66. The molecule has 18 heavy (non-hydrogen) atoms. The summed E-state index contributed by atoms with van der Waals surface area (Å²) in [5.74, 6) is 0.0761. The molecule has 3 saturated heterocycles. The highest BCUT2D eigenvalue weighted by Gasteiger charge is 2.40. The molecule has 3 atom stereocenters. The van der Waals surface area contributed by atoms with E-state index in [1.54, 1.807) is 0 Å². The first-order chi connectivity index (χ1) is 8.75. The van der Waals surface area contributed by atoms with Gasteiger partial charge in [-0.05, 0) is 32.2 Å². The Morgan fingerprint density at radius 3 is 2.83 bits per heavy atom. The van der Waals surface area contributed by atoms with Gasteiger partial charge in [-0.3, -0.25) is 9.59 Å². The van der Waals surface area contributed by atoms with E-state index in [4.69, 9.17) is 0 Å². The third-order valence-corrected chi connectivity index (χ3v) is 4.47. The van der Waals surface area contributed by atoms with Crippen LogP contribution in [-0.4, -0.2) is 48.4 Å². The van der Waals surface area contributed by atoms with Crippen LogP contribution in [-0.2, 0) is 9.59 Å². The molecule has 3 aliphatic heterocycles. The standard InChI is InChI=1S/C13H21N3O2/c17-12-7-9(8-15-12)13(18)16-6-2-4-11(16)10-3-1-5-14-10/h9-11,14H,1-8H2,(H,15,17). The molecule has 2 amide bonds. The fourth-order valence-electron chi connectivity index (χ4n) is 3.54. The van der Waals surface area contributed by atoms with Crippen LogP contribution in [0.2, 0.25) is 0 Å². The Bertz CT molecular complexity index is 352. The normalized spacial score (nSPS) is 36.1. The zero-order chi connectivity index (χ0) is 12.5. The van der Waals surface area contributed by atoms with Crippen molar-refractivity contribution in [2.24, 2.45) is 5.92 Å². The number of amides is 2. The number of likely N-dealkylation sites (tertiary alicyclic amines) is 1. The number of nitrogens with zero attached hydrogens (tertiary/aromatic N) is 1. The van der Waals surface area contributed by atoms with Gasteiger partial charge < -0.3 is 15.5 Å². The third-order valence-electron chi connectivity index (χ3n) is 4.47. The van der Waals surface area contributed by atoms with Crippen LogP contribution >= 0.6 is 0 Å². The van der Waals surface area contributed by atoms with Crippen molar-refractivity contribution >= 4 is 11.8 Å². The molecule has 5 heteroatoms. The van der Waals surface area contributed by atoms with E-state index in [1.807, 2.05) is 4.90 Å². The number of carbonyl (C=O) groups excluding carboxylic acids is 2. The Labute approximate surface area is 107 Å². The van der Waals surface area contributed by atoms with Crippen LogP contribution in [0.15, 0.2) is 0 Å². The fourth-order valence-corrected chi connectivity index (χ4v) is 3.54. The second-order valence-electron chi connectivity index (χ2n) is 5.65. The number of rotatable bonds is 2. The van der Waals surface area contributed by atoms with E-state index in [-0.39, 0.29) is 17.7 Å². The second kappa shape index (κ2) is 4.88. The van der Waals surface area contributed by atoms with Gasteiger partial charge in [-0.2, -0.15) is 0 Å². The van der Waals surface area contributed by atoms with Crippen LogP contribution in [0.4, 0.5) is 0 Å². The minimum absolute atomic E-state index is 0.0167. The van der Waals surface area contributed by atoms with E-state index >= 15 is 0 Å². The first-order valence-electron chi connectivity index (χ1n) is 7.06. The van der Waals surface area contributed by atoms with Crippen molar-refractivity contribution in [2.75, 3.05) is 19.6 Å². The lowest BCUT2D eigenvalue weighted by atomic mass is 10.0. The molecule has 3 rings (SSSR count). The molecule has 0 aromatic rings. The molecule has 5 nitrogen and oxygen atoms in total. The van der Waals surface area contributed by atoms with Crippen molar-refractivity contribution in [1.82, 2.24) is 15.5 Å². The largest absolute Gasteiger partial charge is 0.355 e. The van der Waals surface area contributed by atoms with Crippen molar-refractivity contribution < 1.29 is 9.59 Å². The molecule has 0 aliphatic carbocycles. The summed E-state index contributed by atoms with van der Waals surface area (Å²) in [5.41, 5.74) is 0. The van der Waals surface area contributed by atoms with E-state index < -0.39 is 0 Å². The first-order valence-corrected chi connectivity index (χ1v) is 7.06. The zero-order valence-electron chi connectivity index (χ0n) is 10.7. The predicted octanol–water partition coefficient (Wildman–Crippen LogP) is -0.134. The lowest BCUT2D eigenvalue weighted by molar-refractivity contribution is -0.137. The summed E-state index contributed by atoms with van der Waals surface area (Å²) >= 11 is 0. The van der Waals surface area contributed by atoms with Crippen molar-refractivity contribution in [2.45, 2.75) is 44.2 Å². The molecule has 3 fully saturated rings. The van der Waals surface area contributed by atoms with Gasteiger partial charge in [0.2, 0.25) is 11.8 Å². The Morgan fingerprint density at radius 2 is 2.17 bits per heavy atom. The third kappa shape index (κ3) is 2.11. The van der Waals surface area contributed by atoms with Crippen LogP contribution in [0.25, 0.3) is 0 Å². The van der Waals surface area contributed by atoms with E-state index in [2.05, 4.69) is 10.6 Å². The number of hydrogen-bond donors (Lipinski definition) is 2. The minimum atomic E-state index is -0.125. The maximum atomic E-state index is 12.5. The van der Waals surface area contributed by atoms with Crippen molar-refractivity contribution in [3.63, 3.8) is 0 Å². The average molecular weight is 251 g/mol. The maximum Gasteiger partial charge on any atom is 0.228 e. The monoisotopic (exact) mass is 251 g/mol. The summed E-state index contributed by atoms with van der Waals surface area (Å²) in [7, 11) is 0. The number of nitrogens with one attached hydrogen (secondary N) is 2. The van der Waals surface area contributed by atoms with E-state index in [0.29, 0.717) is 25.0 Å². The van der Waals surface area contributed by atoms with E-state index in [9.17, 15) is 9.59 Å². The van der Waals surface area contributed by atoms with Crippen LogP contribution in [0.3, 0.4) is 0 Å². The quantitative estimate of drug-likeness (QED) is 0.718. The summed E-state index contributed by atoms with van der Waals surface area (Å²) in [6.45, 7) is 2.47. The van der Waals surface area contributed by atoms with Crippen LogP contribution in [0, 0.1) is 5.92 Å². The number of carbonyl (C=O) groups is 2. The summed E-state index contributed by atoms with van der Waals surface area (Å²) in [5, 5.41) is 6.26. The molecule has 0 aromatic carbocycles. The van der Waals surface area contributed by atoms with Gasteiger partial charge in [0, 0.05) is 31.6 Å². The molecule has 100 valence electrons. The van der Waals surface area contributed by atoms with Gasteiger partial charge in [0.1, 0.15) is 0 Å². The molecule has 3 aliphatic rings. The highest BCUT2D eigenvalue weighted by atomic mass is 16.2. The topological polar surface area (TPSA) is 61.4 Å². The van der Waals surface area contributed by atoms with Crippen molar-refractivity contribution in [3.8, 4) is 0 Å². The fraction of sp³-hybridized carbons (Fsp3) is 0.846. The maximum absolute atomic E-state index is 12.5. The molecule has 0 bridgehead atoms. The molecular formula is C13H21N3O2. The number of hydrogen-bond acceptors (Lipinski definition) is 3. The Hall–Kier alpha value is -1.10. The van der Waals surface area contributed by atoms with Crippen LogP contribution in [0.1, 0.15) is 32.1 Å². The molecule has 3 heterocycles. The average Bonchev–Trinajstić information content (AvgIpc) is 3.08. The van der Waals surface area contributed by atoms with E-state index in [0.717, 1.165) is 25.9 Å². The molecule has 2 N–H and O–H groups in total. The second-order valence-corrected chi connectivity index (χ2v) is 5.65. The van der Waals surface area contributed by atoms with Gasteiger partial charge in [0.05, 0.1) is 5.92 Å². The highest BCUT2D eigenvalue weighted by molar-refractivity contribution is 5.89. The Kier molecular flexibility index (Phi) is 3.24. The van der Waals surface area contributed by atoms with Crippen LogP contribution < -0.4 is 10.6 Å². The molecule has 0 spiro atoms. The smallest absolute Gasteiger partial charge is 0.228 e. The van der Waals surface area contributed by atoms with Gasteiger partial charge in [0.15, 0.2) is 0 Å². The summed E-state index contributed by atoms with van der Waals surface area (Å²) < 4.78 is 0. The molecule has 0 aromatic heterocycles.